The van der Waals surface area contributed by atoms with Crippen molar-refractivity contribution in [1.82, 2.24) is 4.90 Å². The summed E-state index contributed by atoms with van der Waals surface area (Å²) < 4.78 is 1.02. The molecule has 0 aliphatic carbocycles. The Morgan fingerprint density at radius 3 is 2.76 bits per heavy atom. The van der Waals surface area contributed by atoms with Gasteiger partial charge in [0.15, 0.2) is 0 Å². The lowest BCUT2D eigenvalue weighted by Crippen LogP contribution is -2.37. The Morgan fingerprint density at radius 1 is 1.53 bits per heavy atom. The van der Waals surface area contributed by atoms with Gasteiger partial charge in [-0.15, -0.1) is 0 Å². The van der Waals surface area contributed by atoms with Gasteiger partial charge in [0, 0.05) is 11.0 Å². The minimum Gasteiger partial charge on any atom is -0.480 e. The number of hydrogen-bond acceptors (Lipinski definition) is 2. The zero-order chi connectivity index (χ0) is 12.8. The van der Waals surface area contributed by atoms with Crippen LogP contribution < -0.4 is 0 Å². The molecule has 0 aliphatic rings. The first-order valence-electron chi connectivity index (χ1n) is 5.72. The molecule has 0 radical (unpaired) electrons. The molecule has 0 amide bonds. The van der Waals surface area contributed by atoms with Crippen LogP contribution in [0.1, 0.15) is 25.3 Å². The summed E-state index contributed by atoms with van der Waals surface area (Å²) in [6.45, 7) is 2.65. The molecule has 0 saturated carbocycles. The van der Waals surface area contributed by atoms with E-state index in [0.717, 1.165) is 16.5 Å². The van der Waals surface area contributed by atoms with E-state index in [1.54, 1.807) is 0 Å². The lowest BCUT2D eigenvalue weighted by molar-refractivity contribution is -0.143. The normalized spacial score (nSPS) is 12.7. The number of carboxylic acids is 1. The van der Waals surface area contributed by atoms with Crippen LogP contribution in [0.15, 0.2) is 28.7 Å². The van der Waals surface area contributed by atoms with Gasteiger partial charge in [-0.1, -0.05) is 41.4 Å². The maximum absolute atomic E-state index is 11.1. The van der Waals surface area contributed by atoms with Crippen LogP contribution in [0.4, 0.5) is 0 Å². The van der Waals surface area contributed by atoms with Gasteiger partial charge >= 0.3 is 5.97 Å². The first-order chi connectivity index (χ1) is 8.04. The molecule has 0 saturated heterocycles. The number of benzene rings is 1. The first kappa shape index (κ1) is 14.2. The van der Waals surface area contributed by atoms with Gasteiger partial charge in [0.2, 0.25) is 0 Å². The number of carbonyl (C=O) groups is 1. The highest BCUT2D eigenvalue weighted by molar-refractivity contribution is 9.10. The first-order valence-corrected chi connectivity index (χ1v) is 6.51. The lowest BCUT2D eigenvalue weighted by atomic mass is 10.1. The van der Waals surface area contributed by atoms with E-state index in [1.165, 1.54) is 0 Å². The standard InChI is InChI=1S/C13H18BrNO2/c1-3-5-12(13(16)17)15(2)9-10-6-4-7-11(14)8-10/h4,6-8,12H,3,5,9H2,1-2H3,(H,16,17). The second-order valence-electron chi connectivity index (χ2n) is 4.19. The molecular formula is C13H18BrNO2. The third-order valence-corrected chi connectivity index (χ3v) is 3.19. The third kappa shape index (κ3) is 4.48. The average molecular weight is 300 g/mol. The van der Waals surface area contributed by atoms with Crippen molar-refractivity contribution in [2.45, 2.75) is 32.4 Å². The molecule has 0 aromatic heterocycles. The van der Waals surface area contributed by atoms with E-state index >= 15 is 0 Å². The van der Waals surface area contributed by atoms with Crippen molar-refractivity contribution >= 4 is 21.9 Å². The van der Waals surface area contributed by atoms with Gasteiger partial charge in [0.1, 0.15) is 6.04 Å². The van der Waals surface area contributed by atoms with Crippen molar-refractivity contribution in [2.24, 2.45) is 0 Å². The largest absolute Gasteiger partial charge is 0.480 e. The van der Waals surface area contributed by atoms with Crippen molar-refractivity contribution in [3.05, 3.63) is 34.3 Å². The van der Waals surface area contributed by atoms with E-state index in [-0.39, 0.29) is 0 Å². The summed E-state index contributed by atoms with van der Waals surface area (Å²) in [7, 11) is 1.86. The van der Waals surface area contributed by atoms with E-state index < -0.39 is 12.0 Å². The number of aliphatic carboxylic acids is 1. The van der Waals surface area contributed by atoms with E-state index in [4.69, 9.17) is 5.11 Å². The number of likely N-dealkylation sites (N-methyl/N-ethyl adjacent to an activating group) is 1. The van der Waals surface area contributed by atoms with Crippen LogP contribution in [0.2, 0.25) is 0 Å². The molecule has 17 heavy (non-hydrogen) atoms. The minimum atomic E-state index is -0.746. The topological polar surface area (TPSA) is 40.5 Å². The van der Waals surface area contributed by atoms with Crippen LogP contribution in [0, 0.1) is 0 Å². The zero-order valence-corrected chi connectivity index (χ0v) is 11.8. The van der Waals surface area contributed by atoms with Crippen LogP contribution in [-0.2, 0) is 11.3 Å². The van der Waals surface area contributed by atoms with Crippen molar-refractivity contribution in [1.29, 1.82) is 0 Å². The Hall–Kier alpha value is -0.870. The second kappa shape index (κ2) is 6.77. The SMILES string of the molecule is CCCC(C(=O)O)N(C)Cc1cccc(Br)c1. The molecule has 0 heterocycles. The van der Waals surface area contributed by atoms with Crippen molar-refractivity contribution in [3.8, 4) is 0 Å². The highest BCUT2D eigenvalue weighted by atomic mass is 79.9. The summed E-state index contributed by atoms with van der Waals surface area (Å²) >= 11 is 3.41. The van der Waals surface area contributed by atoms with E-state index in [2.05, 4.69) is 15.9 Å². The van der Waals surface area contributed by atoms with Gasteiger partial charge in [-0.05, 0) is 31.2 Å². The van der Waals surface area contributed by atoms with Gasteiger partial charge in [-0.3, -0.25) is 9.69 Å². The summed E-state index contributed by atoms with van der Waals surface area (Å²) in [5, 5.41) is 9.16. The molecule has 1 N–H and O–H groups in total. The van der Waals surface area contributed by atoms with Gasteiger partial charge in [-0.2, -0.15) is 0 Å². The zero-order valence-electron chi connectivity index (χ0n) is 10.2. The maximum Gasteiger partial charge on any atom is 0.320 e. The summed E-state index contributed by atoms with van der Waals surface area (Å²) in [5.74, 6) is -0.746. The summed E-state index contributed by atoms with van der Waals surface area (Å²) in [6, 6.07) is 7.54. The Morgan fingerprint density at radius 2 is 2.24 bits per heavy atom. The van der Waals surface area contributed by atoms with Crippen molar-refractivity contribution in [3.63, 3.8) is 0 Å². The van der Waals surface area contributed by atoms with Crippen LogP contribution in [-0.4, -0.2) is 29.1 Å². The number of rotatable bonds is 6. The van der Waals surface area contributed by atoms with E-state index in [9.17, 15) is 4.79 Å². The molecular weight excluding hydrogens is 282 g/mol. The number of halogens is 1. The van der Waals surface area contributed by atoms with Crippen molar-refractivity contribution in [2.75, 3.05) is 7.05 Å². The Balaban J connectivity index is 2.69. The van der Waals surface area contributed by atoms with Crippen LogP contribution in [0.5, 0.6) is 0 Å². The molecule has 1 unspecified atom stereocenters. The Bertz CT molecular complexity index is 381. The van der Waals surface area contributed by atoms with Crippen LogP contribution >= 0.6 is 15.9 Å². The predicted molar refractivity (Wildman–Crippen MR) is 71.9 cm³/mol. The lowest BCUT2D eigenvalue weighted by Gasteiger charge is -2.24. The third-order valence-electron chi connectivity index (χ3n) is 2.70. The van der Waals surface area contributed by atoms with Crippen LogP contribution in [0.3, 0.4) is 0 Å². The van der Waals surface area contributed by atoms with Gasteiger partial charge < -0.3 is 5.11 Å². The quantitative estimate of drug-likeness (QED) is 0.877. The summed E-state index contributed by atoms with van der Waals surface area (Å²) in [6.07, 6.45) is 1.56. The molecule has 0 fully saturated rings. The molecule has 1 atom stereocenters. The second-order valence-corrected chi connectivity index (χ2v) is 5.10. The number of hydrogen-bond donors (Lipinski definition) is 1. The molecule has 1 aromatic rings. The Labute approximate surface area is 111 Å². The van der Waals surface area contributed by atoms with Gasteiger partial charge in [0.25, 0.3) is 0 Å². The van der Waals surface area contributed by atoms with E-state index in [1.807, 2.05) is 43.1 Å². The fraction of sp³-hybridized carbons (Fsp3) is 0.462. The molecule has 1 aromatic carbocycles. The molecule has 0 spiro atoms. The molecule has 4 heteroatoms. The van der Waals surface area contributed by atoms with E-state index in [0.29, 0.717) is 13.0 Å². The van der Waals surface area contributed by atoms with Gasteiger partial charge in [-0.25, -0.2) is 0 Å². The molecule has 94 valence electrons. The minimum absolute atomic E-state index is 0.404. The molecule has 3 nitrogen and oxygen atoms in total. The average Bonchev–Trinajstić information content (AvgIpc) is 2.25. The Kier molecular flexibility index (Phi) is 5.65. The fourth-order valence-electron chi connectivity index (χ4n) is 1.84. The van der Waals surface area contributed by atoms with Crippen molar-refractivity contribution < 1.29 is 9.90 Å². The molecule has 0 bridgehead atoms. The summed E-state index contributed by atoms with van der Waals surface area (Å²) in [4.78, 5) is 13.0. The number of nitrogens with zero attached hydrogens (tertiary/aromatic N) is 1. The highest BCUT2D eigenvalue weighted by Crippen LogP contribution is 2.15. The number of carboxylic acid groups (broad SMARTS) is 1. The summed E-state index contributed by atoms with van der Waals surface area (Å²) in [5.41, 5.74) is 1.12. The maximum atomic E-state index is 11.1. The molecule has 1 rings (SSSR count). The predicted octanol–water partition coefficient (Wildman–Crippen LogP) is 3.13. The molecule has 0 aliphatic heterocycles. The smallest absolute Gasteiger partial charge is 0.320 e. The van der Waals surface area contributed by atoms with Gasteiger partial charge in [0.05, 0.1) is 0 Å². The fourth-order valence-corrected chi connectivity index (χ4v) is 2.29. The highest BCUT2D eigenvalue weighted by Gasteiger charge is 2.21. The van der Waals surface area contributed by atoms with Crippen LogP contribution in [0.25, 0.3) is 0 Å². The monoisotopic (exact) mass is 299 g/mol.